The molecular weight excluding hydrogens is 269 g/mol. The molecule has 1 unspecified atom stereocenters. The fourth-order valence-corrected chi connectivity index (χ4v) is 2.87. The SMILES string of the molecule is CCOC1CCCN(c2nccc(CNC3CC3)c2F)C1. The molecule has 2 aliphatic rings. The van der Waals surface area contributed by atoms with E-state index in [1.54, 1.807) is 12.3 Å². The molecule has 1 aliphatic heterocycles. The summed E-state index contributed by atoms with van der Waals surface area (Å²) in [6.45, 7) is 4.89. The Labute approximate surface area is 125 Å². The minimum absolute atomic E-state index is 0.178. The van der Waals surface area contributed by atoms with Gasteiger partial charge in [0.15, 0.2) is 11.6 Å². The summed E-state index contributed by atoms with van der Waals surface area (Å²) in [6.07, 6.45) is 6.40. The zero-order chi connectivity index (χ0) is 14.7. The molecule has 4 nitrogen and oxygen atoms in total. The minimum atomic E-state index is -0.178. The number of aromatic nitrogens is 1. The zero-order valence-electron chi connectivity index (χ0n) is 12.6. The maximum absolute atomic E-state index is 14.7. The van der Waals surface area contributed by atoms with Crippen LogP contribution < -0.4 is 10.2 Å². The van der Waals surface area contributed by atoms with Gasteiger partial charge in [0.05, 0.1) is 6.10 Å². The molecule has 1 atom stereocenters. The van der Waals surface area contributed by atoms with Crippen LogP contribution in [0, 0.1) is 5.82 Å². The van der Waals surface area contributed by atoms with Gasteiger partial charge in [-0.25, -0.2) is 9.37 Å². The smallest absolute Gasteiger partial charge is 0.170 e. The zero-order valence-corrected chi connectivity index (χ0v) is 12.6. The van der Waals surface area contributed by atoms with Crippen LogP contribution in [0.4, 0.5) is 10.2 Å². The summed E-state index contributed by atoms with van der Waals surface area (Å²) < 4.78 is 20.3. The quantitative estimate of drug-likeness (QED) is 0.874. The topological polar surface area (TPSA) is 37.4 Å². The molecule has 0 aromatic carbocycles. The second kappa shape index (κ2) is 6.71. The van der Waals surface area contributed by atoms with E-state index in [0.717, 1.165) is 25.9 Å². The Bertz CT molecular complexity index is 477. The van der Waals surface area contributed by atoms with Crippen LogP contribution in [-0.4, -0.2) is 36.8 Å². The maximum Gasteiger partial charge on any atom is 0.170 e. The van der Waals surface area contributed by atoms with Gasteiger partial charge in [0.1, 0.15) is 0 Å². The molecular formula is C16H24FN3O. The first-order chi connectivity index (χ1) is 10.3. The number of nitrogens with one attached hydrogen (secondary N) is 1. The third-order valence-corrected chi connectivity index (χ3v) is 4.19. The fourth-order valence-electron chi connectivity index (χ4n) is 2.87. The fraction of sp³-hybridized carbons (Fsp3) is 0.688. The van der Waals surface area contributed by atoms with Gasteiger partial charge in [-0.3, -0.25) is 0 Å². The average Bonchev–Trinajstić information content (AvgIpc) is 3.31. The van der Waals surface area contributed by atoms with Crippen molar-refractivity contribution < 1.29 is 9.13 Å². The number of hydrogen-bond donors (Lipinski definition) is 1. The maximum atomic E-state index is 14.7. The summed E-state index contributed by atoms with van der Waals surface area (Å²) in [7, 11) is 0. The molecule has 0 spiro atoms. The Balaban J connectivity index is 1.69. The van der Waals surface area contributed by atoms with Crippen molar-refractivity contribution in [3.05, 3.63) is 23.6 Å². The summed E-state index contributed by atoms with van der Waals surface area (Å²) in [5, 5.41) is 3.36. The first kappa shape index (κ1) is 14.7. The molecule has 0 amide bonds. The molecule has 1 N–H and O–H groups in total. The number of rotatable bonds is 6. The highest BCUT2D eigenvalue weighted by Crippen LogP contribution is 2.25. The van der Waals surface area contributed by atoms with Gasteiger partial charge < -0.3 is 15.0 Å². The number of ether oxygens (including phenoxy) is 1. The predicted molar refractivity (Wildman–Crippen MR) is 80.9 cm³/mol. The van der Waals surface area contributed by atoms with Crippen LogP contribution in [0.1, 0.15) is 38.2 Å². The lowest BCUT2D eigenvalue weighted by Crippen LogP contribution is -2.40. The Hall–Kier alpha value is -1.20. The molecule has 1 aliphatic carbocycles. The number of halogens is 1. The predicted octanol–water partition coefficient (Wildman–Crippen LogP) is 2.48. The number of pyridine rings is 1. The molecule has 1 aromatic heterocycles. The highest BCUT2D eigenvalue weighted by molar-refractivity contribution is 5.43. The standard InChI is InChI=1S/C16H24FN3O/c1-2-21-14-4-3-9-20(11-14)16-15(17)12(7-8-18-16)10-19-13-5-6-13/h7-8,13-14,19H,2-6,9-11H2,1H3. The molecule has 2 heterocycles. The van der Waals surface area contributed by atoms with Gasteiger partial charge in [0.2, 0.25) is 0 Å². The normalized spacial score (nSPS) is 22.6. The van der Waals surface area contributed by atoms with Gasteiger partial charge in [-0.1, -0.05) is 0 Å². The largest absolute Gasteiger partial charge is 0.377 e. The van der Waals surface area contributed by atoms with Crippen molar-refractivity contribution in [3.63, 3.8) is 0 Å². The van der Waals surface area contributed by atoms with E-state index >= 15 is 0 Å². The molecule has 1 aromatic rings. The van der Waals surface area contributed by atoms with Crippen molar-refractivity contribution in [2.45, 2.75) is 51.3 Å². The van der Waals surface area contributed by atoms with Crippen LogP contribution >= 0.6 is 0 Å². The van der Waals surface area contributed by atoms with Crippen LogP contribution in [0.2, 0.25) is 0 Å². The minimum Gasteiger partial charge on any atom is -0.377 e. The Morgan fingerprint density at radius 3 is 3.05 bits per heavy atom. The molecule has 1 saturated carbocycles. The van der Waals surface area contributed by atoms with Crippen LogP contribution in [0.5, 0.6) is 0 Å². The van der Waals surface area contributed by atoms with E-state index in [1.165, 1.54) is 12.8 Å². The molecule has 1 saturated heterocycles. The number of nitrogens with zero attached hydrogens (tertiary/aromatic N) is 2. The average molecular weight is 293 g/mol. The summed E-state index contributed by atoms with van der Waals surface area (Å²) >= 11 is 0. The Morgan fingerprint density at radius 2 is 2.29 bits per heavy atom. The molecule has 0 radical (unpaired) electrons. The van der Waals surface area contributed by atoms with Gasteiger partial charge >= 0.3 is 0 Å². The second-order valence-electron chi connectivity index (χ2n) is 5.93. The lowest BCUT2D eigenvalue weighted by Gasteiger charge is -2.33. The molecule has 21 heavy (non-hydrogen) atoms. The number of anilines is 1. The van der Waals surface area contributed by atoms with Crippen molar-refractivity contribution in [2.24, 2.45) is 0 Å². The summed E-state index contributed by atoms with van der Waals surface area (Å²) in [5.74, 6) is 0.303. The van der Waals surface area contributed by atoms with Crippen molar-refractivity contribution in [1.29, 1.82) is 0 Å². The van der Waals surface area contributed by atoms with Gasteiger partial charge in [0, 0.05) is 44.0 Å². The van der Waals surface area contributed by atoms with Crippen LogP contribution in [0.25, 0.3) is 0 Å². The lowest BCUT2D eigenvalue weighted by atomic mass is 10.1. The van der Waals surface area contributed by atoms with E-state index in [9.17, 15) is 4.39 Å². The number of hydrogen-bond acceptors (Lipinski definition) is 4. The van der Waals surface area contributed by atoms with E-state index < -0.39 is 0 Å². The van der Waals surface area contributed by atoms with E-state index in [4.69, 9.17) is 4.74 Å². The Kier molecular flexibility index (Phi) is 4.70. The van der Waals surface area contributed by atoms with Gasteiger partial charge in [-0.05, 0) is 38.7 Å². The van der Waals surface area contributed by atoms with E-state index in [0.29, 0.717) is 30.6 Å². The molecule has 116 valence electrons. The molecule has 2 fully saturated rings. The lowest BCUT2D eigenvalue weighted by molar-refractivity contribution is 0.0523. The molecule has 0 bridgehead atoms. The van der Waals surface area contributed by atoms with Crippen molar-refractivity contribution in [3.8, 4) is 0 Å². The van der Waals surface area contributed by atoms with Gasteiger partial charge in [-0.2, -0.15) is 0 Å². The first-order valence-electron chi connectivity index (χ1n) is 8.01. The van der Waals surface area contributed by atoms with Crippen molar-refractivity contribution in [1.82, 2.24) is 10.3 Å². The summed E-state index contributed by atoms with van der Waals surface area (Å²) in [5.41, 5.74) is 0.713. The Morgan fingerprint density at radius 1 is 1.43 bits per heavy atom. The highest BCUT2D eigenvalue weighted by Gasteiger charge is 2.25. The molecule has 3 rings (SSSR count). The van der Waals surface area contributed by atoms with Crippen LogP contribution in [0.3, 0.4) is 0 Å². The van der Waals surface area contributed by atoms with Crippen LogP contribution in [-0.2, 0) is 11.3 Å². The van der Waals surface area contributed by atoms with Crippen molar-refractivity contribution in [2.75, 3.05) is 24.6 Å². The van der Waals surface area contributed by atoms with E-state index in [1.807, 2.05) is 11.8 Å². The second-order valence-corrected chi connectivity index (χ2v) is 5.93. The van der Waals surface area contributed by atoms with E-state index in [-0.39, 0.29) is 11.9 Å². The first-order valence-corrected chi connectivity index (χ1v) is 8.01. The summed E-state index contributed by atoms with van der Waals surface area (Å²) in [6, 6.07) is 2.36. The van der Waals surface area contributed by atoms with E-state index in [2.05, 4.69) is 10.3 Å². The third-order valence-electron chi connectivity index (χ3n) is 4.19. The summed E-state index contributed by atoms with van der Waals surface area (Å²) in [4.78, 5) is 6.30. The van der Waals surface area contributed by atoms with Gasteiger partial charge in [0.25, 0.3) is 0 Å². The highest BCUT2D eigenvalue weighted by atomic mass is 19.1. The molecule has 5 heteroatoms. The van der Waals surface area contributed by atoms with Gasteiger partial charge in [-0.15, -0.1) is 0 Å². The number of piperidine rings is 1. The third kappa shape index (κ3) is 3.71. The van der Waals surface area contributed by atoms with Crippen molar-refractivity contribution >= 4 is 5.82 Å². The monoisotopic (exact) mass is 293 g/mol. The van der Waals surface area contributed by atoms with Crippen LogP contribution in [0.15, 0.2) is 12.3 Å².